The number of aliphatic hydroxyl groups excluding tert-OH is 1. The maximum absolute atomic E-state index is 9.32. The lowest BCUT2D eigenvalue weighted by molar-refractivity contribution is -0.106. The minimum Gasteiger partial charge on any atom is -0.368 e. The molecule has 1 aliphatic carbocycles. The van der Waals surface area contributed by atoms with Crippen molar-refractivity contribution in [3.05, 3.63) is 0 Å². The molecule has 1 saturated heterocycles. The first kappa shape index (κ1) is 9.81. The summed E-state index contributed by atoms with van der Waals surface area (Å²) in [7, 11) is 0. The van der Waals surface area contributed by atoms with Crippen LogP contribution >= 0.6 is 11.8 Å². The Labute approximate surface area is 83.7 Å². The molecule has 0 spiro atoms. The summed E-state index contributed by atoms with van der Waals surface area (Å²) in [5.74, 6) is 3.75. The fourth-order valence-electron chi connectivity index (χ4n) is 2.42. The molecule has 0 aromatic carbocycles. The minimum absolute atomic E-state index is 0.174. The molecule has 0 radical (unpaired) electrons. The lowest BCUT2D eigenvalue weighted by Gasteiger charge is -2.31. The first-order valence-electron chi connectivity index (χ1n) is 5.23. The van der Waals surface area contributed by atoms with Gasteiger partial charge in [0.1, 0.15) is 0 Å². The van der Waals surface area contributed by atoms with Crippen molar-refractivity contribution in [3.63, 3.8) is 0 Å². The third-order valence-corrected chi connectivity index (χ3v) is 4.49. The summed E-state index contributed by atoms with van der Waals surface area (Å²) < 4.78 is 0. The van der Waals surface area contributed by atoms with Gasteiger partial charge in [0.05, 0.1) is 0 Å². The highest BCUT2D eigenvalue weighted by molar-refractivity contribution is 7.99. The first-order chi connectivity index (χ1) is 6.29. The van der Waals surface area contributed by atoms with Gasteiger partial charge in [-0.05, 0) is 49.0 Å². The molecule has 2 nitrogen and oxygen atoms in total. The van der Waals surface area contributed by atoms with Crippen LogP contribution in [0.4, 0.5) is 0 Å². The Balaban J connectivity index is 1.92. The van der Waals surface area contributed by atoms with Gasteiger partial charge in [-0.25, -0.2) is 0 Å². The average Bonchev–Trinajstić information content (AvgIpc) is 2.90. The summed E-state index contributed by atoms with van der Waals surface area (Å²) in [5, 5.41) is 18.6. The molecule has 0 bridgehead atoms. The molecular weight excluding hydrogens is 184 g/mol. The molecule has 1 saturated carbocycles. The van der Waals surface area contributed by atoms with E-state index in [-0.39, 0.29) is 5.92 Å². The maximum atomic E-state index is 9.32. The molecular formula is C10H18O2S. The third kappa shape index (κ3) is 2.39. The van der Waals surface area contributed by atoms with Crippen LogP contribution in [0.5, 0.6) is 0 Å². The Kier molecular flexibility index (Phi) is 3.17. The van der Waals surface area contributed by atoms with E-state index in [1.165, 1.54) is 31.4 Å². The summed E-state index contributed by atoms with van der Waals surface area (Å²) in [6.07, 6.45) is 3.81. The van der Waals surface area contributed by atoms with Crippen LogP contribution in [-0.2, 0) is 0 Å². The highest BCUT2D eigenvalue weighted by atomic mass is 32.2. The van der Waals surface area contributed by atoms with Gasteiger partial charge in [0.2, 0.25) is 0 Å². The van der Waals surface area contributed by atoms with Gasteiger partial charge in [0.25, 0.3) is 0 Å². The summed E-state index contributed by atoms with van der Waals surface area (Å²) in [5.41, 5.74) is 0. The molecule has 2 aliphatic rings. The summed E-state index contributed by atoms with van der Waals surface area (Å²) in [6, 6.07) is 0. The standard InChI is InChI=1S/C10H18O2S/c11-10(12)9(7-3-4-7)8-2-1-5-13-6-8/h7-12H,1-6H2. The molecule has 3 heteroatoms. The second-order valence-electron chi connectivity index (χ2n) is 4.31. The number of aliphatic hydroxyl groups is 2. The highest BCUT2D eigenvalue weighted by Crippen LogP contribution is 2.45. The Morgan fingerprint density at radius 1 is 1.08 bits per heavy atom. The molecule has 1 aliphatic heterocycles. The van der Waals surface area contributed by atoms with E-state index < -0.39 is 6.29 Å². The van der Waals surface area contributed by atoms with Crippen molar-refractivity contribution in [1.82, 2.24) is 0 Å². The van der Waals surface area contributed by atoms with Gasteiger partial charge in [-0.2, -0.15) is 11.8 Å². The van der Waals surface area contributed by atoms with Crippen LogP contribution < -0.4 is 0 Å². The summed E-state index contributed by atoms with van der Waals surface area (Å²) in [4.78, 5) is 0. The SMILES string of the molecule is OC(O)C(C1CC1)C1CCCSC1. The van der Waals surface area contributed by atoms with E-state index in [1.807, 2.05) is 11.8 Å². The maximum Gasteiger partial charge on any atom is 0.154 e. The van der Waals surface area contributed by atoms with Crippen molar-refractivity contribution in [1.29, 1.82) is 0 Å². The minimum atomic E-state index is -1.07. The highest BCUT2D eigenvalue weighted by Gasteiger charge is 2.40. The Morgan fingerprint density at radius 3 is 2.31 bits per heavy atom. The van der Waals surface area contributed by atoms with E-state index in [2.05, 4.69) is 0 Å². The zero-order chi connectivity index (χ0) is 9.26. The number of hydrogen-bond donors (Lipinski definition) is 2. The van der Waals surface area contributed by atoms with Crippen LogP contribution in [0.25, 0.3) is 0 Å². The summed E-state index contributed by atoms with van der Waals surface area (Å²) >= 11 is 1.97. The van der Waals surface area contributed by atoms with Gasteiger partial charge in [-0.15, -0.1) is 0 Å². The van der Waals surface area contributed by atoms with Crippen molar-refractivity contribution in [2.45, 2.75) is 32.0 Å². The molecule has 76 valence electrons. The van der Waals surface area contributed by atoms with Gasteiger partial charge in [0.15, 0.2) is 6.29 Å². The average molecular weight is 202 g/mol. The van der Waals surface area contributed by atoms with Gasteiger partial charge in [0, 0.05) is 5.92 Å². The van der Waals surface area contributed by atoms with Crippen LogP contribution in [0, 0.1) is 17.8 Å². The van der Waals surface area contributed by atoms with Crippen molar-refractivity contribution >= 4 is 11.8 Å². The molecule has 13 heavy (non-hydrogen) atoms. The number of thioether (sulfide) groups is 1. The monoisotopic (exact) mass is 202 g/mol. The molecule has 0 amide bonds. The van der Waals surface area contributed by atoms with Gasteiger partial charge < -0.3 is 10.2 Å². The largest absolute Gasteiger partial charge is 0.368 e. The van der Waals surface area contributed by atoms with E-state index in [0.29, 0.717) is 11.8 Å². The van der Waals surface area contributed by atoms with Crippen molar-refractivity contribution < 1.29 is 10.2 Å². The van der Waals surface area contributed by atoms with E-state index in [4.69, 9.17) is 0 Å². The first-order valence-corrected chi connectivity index (χ1v) is 6.38. The third-order valence-electron chi connectivity index (χ3n) is 3.25. The van der Waals surface area contributed by atoms with Crippen molar-refractivity contribution in [3.8, 4) is 0 Å². The zero-order valence-electron chi connectivity index (χ0n) is 7.85. The quantitative estimate of drug-likeness (QED) is 0.681. The normalized spacial score (nSPS) is 32.1. The van der Waals surface area contributed by atoms with Crippen LogP contribution in [0.1, 0.15) is 25.7 Å². The molecule has 0 aromatic heterocycles. The predicted octanol–water partition coefficient (Wildman–Crippen LogP) is 1.47. The van der Waals surface area contributed by atoms with Crippen LogP contribution in [0.2, 0.25) is 0 Å². The number of rotatable bonds is 3. The van der Waals surface area contributed by atoms with Crippen LogP contribution in [-0.4, -0.2) is 28.0 Å². The molecule has 2 rings (SSSR count). The molecule has 2 N–H and O–H groups in total. The lowest BCUT2D eigenvalue weighted by Crippen LogP contribution is -2.32. The molecule has 2 fully saturated rings. The molecule has 0 aromatic rings. The van der Waals surface area contributed by atoms with Crippen molar-refractivity contribution in [2.75, 3.05) is 11.5 Å². The Morgan fingerprint density at radius 2 is 1.85 bits per heavy atom. The van der Waals surface area contributed by atoms with E-state index in [9.17, 15) is 10.2 Å². The van der Waals surface area contributed by atoms with Gasteiger partial charge in [-0.3, -0.25) is 0 Å². The predicted molar refractivity (Wildman–Crippen MR) is 54.5 cm³/mol. The topological polar surface area (TPSA) is 40.5 Å². The fraction of sp³-hybridized carbons (Fsp3) is 1.00. The smallest absolute Gasteiger partial charge is 0.154 e. The van der Waals surface area contributed by atoms with Gasteiger partial charge in [-0.1, -0.05) is 0 Å². The zero-order valence-corrected chi connectivity index (χ0v) is 8.67. The molecule has 2 atom stereocenters. The number of hydrogen-bond acceptors (Lipinski definition) is 3. The van der Waals surface area contributed by atoms with Crippen LogP contribution in [0.15, 0.2) is 0 Å². The lowest BCUT2D eigenvalue weighted by atomic mass is 9.85. The second kappa shape index (κ2) is 4.20. The van der Waals surface area contributed by atoms with E-state index >= 15 is 0 Å². The van der Waals surface area contributed by atoms with Crippen molar-refractivity contribution in [2.24, 2.45) is 17.8 Å². The molecule has 2 unspecified atom stereocenters. The van der Waals surface area contributed by atoms with E-state index in [1.54, 1.807) is 0 Å². The van der Waals surface area contributed by atoms with E-state index in [0.717, 1.165) is 5.75 Å². The van der Waals surface area contributed by atoms with Gasteiger partial charge >= 0.3 is 0 Å². The summed E-state index contributed by atoms with van der Waals surface area (Å²) in [6.45, 7) is 0. The fourth-order valence-corrected chi connectivity index (χ4v) is 3.65. The van der Waals surface area contributed by atoms with Crippen LogP contribution in [0.3, 0.4) is 0 Å². The second-order valence-corrected chi connectivity index (χ2v) is 5.46. The molecule has 1 heterocycles. The Hall–Kier alpha value is 0.270. The Bertz CT molecular complexity index is 160.